The molecule has 150 valence electrons. The molecule has 4 rings (SSSR count). The summed E-state index contributed by atoms with van der Waals surface area (Å²) in [7, 11) is 3.19. The molecule has 29 heavy (non-hydrogen) atoms. The van der Waals surface area contributed by atoms with Gasteiger partial charge in [0.2, 0.25) is 0 Å². The Kier molecular flexibility index (Phi) is 4.94. The lowest BCUT2D eigenvalue weighted by molar-refractivity contribution is 0.291. The van der Waals surface area contributed by atoms with Crippen LogP contribution in [-0.4, -0.2) is 26.9 Å². The molecule has 0 unspecified atom stereocenters. The van der Waals surface area contributed by atoms with E-state index in [0.29, 0.717) is 17.4 Å². The number of rotatable bonds is 6. The van der Waals surface area contributed by atoms with Gasteiger partial charge < -0.3 is 9.57 Å². The number of methoxy groups -OCH3 is 1. The van der Waals surface area contributed by atoms with Crippen molar-refractivity contribution in [1.82, 2.24) is 19.8 Å². The highest BCUT2D eigenvalue weighted by Gasteiger charge is 2.31. The van der Waals surface area contributed by atoms with Crippen LogP contribution >= 0.6 is 0 Å². The van der Waals surface area contributed by atoms with Crippen LogP contribution in [-0.2, 0) is 11.9 Å². The third-order valence-corrected chi connectivity index (χ3v) is 5.23. The van der Waals surface area contributed by atoms with Crippen LogP contribution in [0.5, 0.6) is 5.75 Å². The molecule has 0 atom stereocenters. The van der Waals surface area contributed by atoms with E-state index in [9.17, 15) is 4.79 Å². The van der Waals surface area contributed by atoms with Crippen molar-refractivity contribution in [2.75, 3.05) is 7.11 Å². The van der Waals surface area contributed by atoms with Crippen LogP contribution in [0.1, 0.15) is 42.4 Å². The predicted molar refractivity (Wildman–Crippen MR) is 109 cm³/mol. The Hall–Kier alpha value is -3.39. The summed E-state index contributed by atoms with van der Waals surface area (Å²) in [4.78, 5) is 18.0. The zero-order valence-corrected chi connectivity index (χ0v) is 16.6. The fourth-order valence-electron chi connectivity index (χ4n) is 3.50. The van der Waals surface area contributed by atoms with Crippen molar-refractivity contribution in [3.8, 4) is 11.4 Å². The summed E-state index contributed by atoms with van der Waals surface area (Å²) in [5, 5.41) is 7.87. The number of aryl methyl sites for hydroxylation is 1. The maximum atomic E-state index is 12.5. The van der Waals surface area contributed by atoms with Gasteiger partial charge in [0.15, 0.2) is 5.76 Å². The summed E-state index contributed by atoms with van der Waals surface area (Å²) < 4.78 is 7.81. The number of allylic oxidation sites excluding steroid dienone is 1. The number of aromatic nitrogens is 4. The van der Waals surface area contributed by atoms with Gasteiger partial charge in [-0.05, 0) is 65.4 Å². The van der Waals surface area contributed by atoms with Gasteiger partial charge in [0.05, 0.1) is 12.8 Å². The zero-order valence-electron chi connectivity index (χ0n) is 16.6. The van der Waals surface area contributed by atoms with Gasteiger partial charge in [-0.1, -0.05) is 24.3 Å². The van der Waals surface area contributed by atoms with Gasteiger partial charge in [0, 0.05) is 18.2 Å². The first-order valence-corrected chi connectivity index (χ1v) is 9.39. The van der Waals surface area contributed by atoms with Gasteiger partial charge in [0.25, 0.3) is 0 Å². The van der Waals surface area contributed by atoms with Crippen molar-refractivity contribution >= 4 is 11.3 Å². The minimum absolute atomic E-state index is 0.338. The van der Waals surface area contributed by atoms with E-state index < -0.39 is 0 Å². The summed E-state index contributed by atoms with van der Waals surface area (Å²) in [6.45, 7) is 1.93. The maximum Gasteiger partial charge on any atom is 0.368 e. The average Bonchev–Trinajstić information content (AvgIpc) is 3.54. The molecule has 2 N–H and O–H groups in total. The lowest BCUT2D eigenvalue weighted by Crippen LogP contribution is -2.23. The largest absolute Gasteiger partial charge is 0.497 e. The van der Waals surface area contributed by atoms with Crippen LogP contribution in [0, 0.1) is 0 Å². The molecule has 0 saturated heterocycles. The summed E-state index contributed by atoms with van der Waals surface area (Å²) >= 11 is 0. The standard InChI is InChI=1S/C21H23N5O3/c1-13(15-6-4-7-16(12-15)28-3)20(29-22)19-17(14-10-11-14)8-5-9-18(19)26-21(27)25(2)23-24-26/h4-9,12,14H,10-11,22H2,1-3H3/b20-13+. The van der Waals surface area contributed by atoms with Crippen molar-refractivity contribution in [3.63, 3.8) is 0 Å². The van der Waals surface area contributed by atoms with E-state index in [1.54, 1.807) is 14.2 Å². The van der Waals surface area contributed by atoms with Crippen LogP contribution in [0.3, 0.4) is 0 Å². The van der Waals surface area contributed by atoms with Crippen LogP contribution in [0.15, 0.2) is 47.3 Å². The normalized spacial score (nSPS) is 14.5. The Morgan fingerprint density at radius 3 is 2.55 bits per heavy atom. The minimum Gasteiger partial charge on any atom is -0.497 e. The highest BCUT2D eigenvalue weighted by Crippen LogP contribution is 2.45. The van der Waals surface area contributed by atoms with E-state index in [4.69, 9.17) is 15.5 Å². The van der Waals surface area contributed by atoms with Crippen molar-refractivity contribution in [2.24, 2.45) is 12.9 Å². The molecule has 1 aliphatic rings. The van der Waals surface area contributed by atoms with Gasteiger partial charge in [0.1, 0.15) is 5.75 Å². The highest BCUT2D eigenvalue weighted by molar-refractivity contribution is 5.90. The molecule has 0 amide bonds. The molecule has 8 heteroatoms. The fraction of sp³-hybridized carbons (Fsp3) is 0.286. The number of nitrogens with zero attached hydrogens (tertiary/aromatic N) is 4. The number of benzene rings is 2. The Morgan fingerprint density at radius 2 is 1.93 bits per heavy atom. The lowest BCUT2D eigenvalue weighted by atomic mass is 9.95. The quantitative estimate of drug-likeness (QED) is 0.393. The lowest BCUT2D eigenvalue weighted by Gasteiger charge is -2.18. The fourth-order valence-corrected chi connectivity index (χ4v) is 3.50. The first kappa shape index (κ1) is 18.9. The summed E-state index contributed by atoms with van der Waals surface area (Å²) in [5.74, 6) is 7.41. The van der Waals surface area contributed by atoms with Crippen molar-refractivity contribution in [2.45, 2.75) is 25.7 Å². The van der Waals surface area contributed by atoms with Gasteiger partial charge in [-0.25, -0.2) is 4.79 Å². The Labute approximate surface area is 168 Å². The average molecular weight is 393 g/mol. The second-order valence-electron chi connectivity index (χ2n) is 7.12. The number of hydrogen-bond acceptors (Lipinski definition) is 6. The molecule has 1 saturated carbocycles. The van der Waals surface area contributed by atoms with E-state index in [1.807, 2.05) is 43.3 Å². The monoisotopic (exact) mass is 393 g/mol. The summed E-state index contributed by atoms with van der Waals surface area (Å²) in [6.07, 6.45) is 2.17. The molecular formula is C21H23N5O3. The van der Waals surface area contributed by atoms with Crippen LogP contribution in [0.2, 0.25) is 0 Å². The minimum atomic E-state index is -0.338. The van der Waals surface area contributed by atoms with Crippen LogP contribution < -0.4 is 16.3 Å². The number of ether oxygens (including phenoxy) is 1. The van der Waals surface area contributed by atoms with Crippen molar-refractivity contribution < 1.29 is 9.57 Å². The van der Waals surface area contributed by atoms with Gasteiger partial charge in [-0.15, -0.1) is 0 Å². The molecule has 0 bridgehead atoms. The molecule has 1 fully saturated rings. The van der Waals surface area contributed by atoms with E-state index in [2.05, 4.69) is 16.5 Å². The van der Waals surface area contributed by atoms with Crippen molar-refractivity contribution in [1.29, 1.82) is 0 Å². The molecule has 1 aromatic heterocycles. The van der Waals surface area contributed by atoms with Gasteiger partial charge in [-0.3, -0.25) is 0 Å². The molecule has 1 heterocycles. The topological polar surface area (TPSA) is 97.2 Å². The van der Waals surface area contributed by atoms with Gasteiger partial charge >= 0.3 is 5.69 Å². The van der Waals surface area contributed by atoms with E-state index in [1.165, 1.54) is 9.36 Å². The molecule has 0 spiro atoms. The first-order valence-electron chi connectivity index (χ1n) is 9.39. The third kappa shape index (κ3) is 3.42. The summed E-state index contributed by atoms with van der Waals surface area (Å²) in [6, 6.07) is 13.5. The molecule has 3 aromatic rings. The van der Waals surface area contributed by atoms with E-state index >= 15 is 0 Å². The van der Waals surface area contributed by atoms with Crippen LogP contribution in [0.25, 0.3) is 17.0 Å². The molecule has 0 aliphatic heterocycles. The smallest absolute Gasteiger partial charge is 0.368 e. The molecule has 8 nitrogen and oxygen atoms in total. The third-order valence-electron chi connectivity index (χ3n) is 5.23. The Morgan fingerprint density at radius 1 is 1.17 bits per heavy atom. The van der Waals surface area contributed by atoms with Gasteiger partial charge in [-0.2, -0.15) is 15.3 Å². The SMILES string of the molecule is COc1cccc(/C(C)=C(/ON)c2c(C3CC3)cccc2-n2nnn(C)c2=O)c1. The summed E-state index contributed by atoms with van der Waals surface area (Å²) in [5.41, 5.74) is 3.85. The predicted octanol–water partition coefficient (Wildman–Crippen LogP) is 2.63. The Bertz CT molecular complexity index is 1140. The first-order chi connectivity index (χ1) is 14.0. The van der Waals surface area contributed by atoms with E-state index in [-0.39, 0.29) is 5.69 Å². The highest BCUT2D eigenvalue weighted by atomic mass is 16.6. The molecule has 0 radical (unpaired) electrons. The second kappa shape index (κ2) is 7.56. The van der Waals surface area contributed by atoms with Crippen LogP contribution in [0.4, 0.5) is 0 Å². The Balaban J connectivity index is 1.98. The number of nitrogens with two attached hydrogens (primary N) is 1. The van der Waals surface area contributed by atoms with E-state index in [0.717, 1.165) is 40.9 Å². The maximum absolute atomic E-state index is 12.5. The zero-order chi connectivity index (χ0) is 20.5. The molecule has 1 aliphatic carbocycles. The second-order valence-corrected chi connectivity index (χ2v) is 7.12. The number of tetrazole rings is 1. The number of hydrogen-bond donors (Lipinski definition) is 1. The molecule has 2 aromatic carbocycles. The van der Waals surface area contributed by atoms with Crippen molar-refractivity contribution in [3.05, 3.63) is 69.6 Å². The molecular weight excluding hydrogens is 370 g/mol.